The molecule has 0 saturated heterocycles. The average molecular weight is 278 g/mol. The first-order valence-corrected chi connectivity index (χ1v) is 6.81. The summed E-state index contributed by atoms with van der Waals surface area (Å²) in [6, 6.07) is 7.42. The van der Waals surface area contributed by atoms with Crippen molar-refractivity contribution in [3.05, 3.63) is 35.4 Å². The Labute approximate surface area is 121 Å². The summed E-state index contributed by atoms with van der Waals surface area (Å²) in [7, 11) is 0. The summed E-state index contributed by atoms with van der Waals surface area (Å²) in [5, 5.41) is 18.9. The molecule has 3 N–H and O–H groups in total. The highest BCUT2D eigenvalue weighted by molar-refractivity contribution is 6.44. The van der Waals surface area contributed by atoms with Gasteiger partial charge in [-0.05, 0) is 40.2 Å². The number of benzene rings is 1. The van der Waals surface area contributed by atoms with E-state index in [0.29, 0.717) is 12.1 Å². The molecule has 0 spiro atoms. The Kier molecular flexibility index (Phi) is 7.77. The van der Waals surface area contributed by atoms with Crippen LogP contribution in [0.1, 0.15) is 45.2 Å². The number of rotatable bonds is 4. The Morgan fingerprint density at radius 2 is 1.90 bits per heavy atom. The fraction of sp³-hybridized carbons (Fsp3) is 0.500. The van der Waals surface area contributed by atoms with Crippen LogP contribution in [-0.4, -0.2) is 28.9 Å². The van der Waals surface area contributed by atoms with Gasteiger partial charge in [0.1, 0.15) is 5.71 Å². The van der Waals surface area contributed by atoms with Gasteiger partial charge in [-0.1, -0.05) is 30.7 Å². The SMILES string of the molecule is CC(C)(C)O.CCCNC(=O)C(=N)c1cccc(C)c1. The van der Waals surface area contributed by atoms with E-state index in [1.807, 2.05) is 32.0 Å². The number of aliphatic hydroxyl groups is 1. The van der Waals surface area contributed by atoms with Crippen LogP contribution in [0.5, 0.6) is 0 Å². The molecule has 0 aliphatic rings. The van der Waals surface area contributed by atoms with Crippen LogP contribution in [-0.2, 0) is 4.79 Å². The summed E-state index contributed by atoms with van der Waals surface area (Å²) in [5.74, 6) is -0.303. The normalized spacial score (nSPS) is 10.3. The lowest BCUT2D eigenvalue weighted by molar-refractivity contribution is -0.114. The first-order chi connectivity index (χ1) is 9.15. The van der Waals surface area contributed by atoms with Crippen molar-refractivity contribution in [3.63, 3.8) is 0 Å². The van der Waals surface area contributed by atoms with Gasteiger partial charge in [0.15, 0.2) is 0 Å². The van der Waals surface area contributed by atoms with E-state index in [0.717, 1.165) is 12.0 Å². The minimum Gasteiger partial charge on any atom is -0.391 e. The van der Waals surface area contributed by atoms with Crippen LogP contribution in [0.3, 0.4) is 0 Å². The molecular formula is C16H26N2O2. The predicted molar refractivity (Wildman–Crippen MR) is 83.3 cm³/mol. The van der Waals surface area contributed by atoms with Gasteiger partial charge in [-0.2, -0.15) is 0 Å². The van der Waals surface area contributed by atoms with Gasteiger partial charge >= 0.3 is 0 Å². The molecule has 0 heterocycles. The van der Waals surface area contributed by atoms with Crippen LogP contribution in [0, 0.1) is 12.3 Å². The van der Waals surface area contributed by atoms with Crippen molar-refractivity contribution in [1.82, 2.24) is 5.32 Å². The fourth-order valence-corrected chi connectivity index (χ4v) is 1.26. The molecule has 0 saturated carbocycles. The van der Waals surface area contributed by atoms with Crippen molar-refractivity contribution < 1.29 is 9.90 Å². The molecule has 0 bridgehead atoms. The van der Waals surface area contributed by atoms with Gasteiger partial charge in [-0.25, -0.2) is 0 Å². The first-order valence-electron chi connectivity index (χ1n) is 6.81. The molecule has 112 valence electrons. The van der Waals surface area contributed by atoms with E-state index in [2.05, 4.69) is 5.32 Å². The second-order valence-electron chi connectivity index (χ2n) is 5.67. The number of hydrogen-bond acceptors (Lipinski definition) is 3. The molecule has 0 unspecified atom stereocenters. The third kappa shape index (κ3) is 9.28. The number of hydrogen-bond donors (Lipinski definition) is 3. The van der Waals surface area contributed by atoms with E-state index in [1.54, 1.807) is 26.8 Å². The summed E-state index contributed by atoms with van der Waals surface area (Å²) < 4.78 is 0. The number of carbonyl (C=O) groups is 1. The van der Waals surface area contributed by atoms with Crippen LogP contribution >= 0.6 is 0 Å². The van der Waals surface area contributed by atoms with Gasteiger partial charge in [0.2, 0.25) is 0 Å². The van der Waals surface area contributed by atoms with Crippen LogP contribution in [0.2, 0.25) is 0 Å². The lowest BCUT2D eigenvalue weighted by Gasteiger charge is -2.05. The Morgan fingerprint density at radius 3 is 2.35 bits per heavy atom. The third-order valence-electron chi connectivity index (χ3n) is 2.07. The molecular weight excluding hydrogens is 252 g/mol. The minimum absolute atomic E-state index is 0.0344. The van der Waals surface area contributed by atoms with Crippen molar-refractivity contribution in [2.45, 2.75) is 46.6 Å². The minimum atomic E-state index is -0.500. The molecule has 0 aliphatic heterocycles. The van der Waals surface area contributed by atoms with E-state index in [9.17, 15) is 4.79 Å². The highest BCUT2D eigenvalue weighted by Gasteiger charge is 2.10. The quantitative estimate of drug-likeness (QED) is 0.741. The maximum atomic E-state index is 11.5. The number of carbonyl (C=O) groups excluding carboxylic acids is 1. The van der Waals surface area contributed by atoms with E-state index >= 15 is 0 Å². The summed E-state index contributed by atoms with van der Waals surface area (Å²) in [6.45, 7) is 9.78. The zero-order chi connectivity index (χ0) is 15.8. The Morgan fingerprint density at radius 1 is 1.35 bits per heavy atom. The molecule has 4 heteroatoms. The van der Waals surface area contributed by atoms with Gasteiger partial charge in [0.05, 0.1) is 5.60 Å². The zero-order valence-corrected chi connectivity index (χ0v) is 13.1. The first kappa shape index (κ1) is 18.3. The summed E-state index contributed by atoms with van der Waals surface area (Å²) in [5.41, 5.74) is 1.26. The second kappa shape index (κ2) is 8.48. The van der Waals surface area contributed by atoms with E-state index in [-0.39, 0.29) is 11.6 Å². The number of nitrogens with one attached hydrogen (secondary N) is 2. The Bertz CT molecular complexity index is 442. The lowest BCUT2D eigenvalue weighted by Crippen LogP contribution is -2.31. The molecule has 0 fully saturated rings. The van der Waals surface area contributed by atoms with Crippen molar-refractivity contribution in [1.29, 1.82) is 5.41 Å². The monoisotopic (exact) mass is 278 g/mol. The van der Waals surface area contributed by atoms with Crippen LogP contribution in [0.25, 0.3) is 0 Å². The summed E-state index contributed by atoms with van der Waals surface area (Å²) in [4.78, 5) is 11.5. The van der Waals surface area contributed by atoms with Crippen molar-refractivity contribution in [2.24, 2.45) is 0 Å². The molecule has 0 aromatic heterocycles. The van der Waals surface area contributed by atoms with Crippen LogP contribution in [0.15, 0.2) is 24.3 Å². The Balaban J connectivity index is 0.000000621. The van der Waals surface area contributed by atoms with E-state index in [1.165, 1.54) is 0 Å². The van der Waals surface area contributed by atoms with Gasteiger partial charge in [0, 0.05) is 12.1 Å². The standard InChI is InChI=1S/C12H16N2O.C4H10O/c1-3-7-14-12(15)11(13)10-6-4-5-9(2)8-10;1-4(2,3)5/h4-6,8,13H,3,7H2,1-2H3,(H,14,15);5H,1-3H3. The highest BCUT2D eigenvalue weighted by Crippen LogP contribution is 2.04. The smallest absolute Gasteiger partial charge is 0.269 e. The Hall–Kier alpha value is -1.68. The average Bonchev–Trinajstić information content (AvgIpc) is 2.33. The molecule has 1 aromatic rings. The number of amides is 1. The van der Waals surface area contributed by atoms with E-state index in [4.69, 9.17) is 10.5 Å². The predicted octanol–water partition coefficient (Wildman–Crippen LogP) is 2.67. The molecule has 1 aromatic carbocycles. The fourth-order valence-electron chi connectivity index (χ4n) is 1.26. The number of aryl methyl sites for hydroxylation is 1. The lowest BCUT2D eigenvalue weighted by atomic mass is 10.1. The third-order valence-corrected chi connectivity index (χ3v) is 2.07. The topological polar surface area (TPSA) is 73.2 Å². The van der Waals surface area contributed by atoms with E-state index < -0.39 is 5.60 Å². The molecule has 0 atom stereocenters. The van der Waals surface area contributed by atoms with Gasteiger partial charge in [0.25, 0.3) is 5.91 Å². The zero-order valence-electron chi connectivity index (χ0n) is 13.1. The summed E-state index contributed by atoms with van der Waals surface area (Å²) in [6.07, 6.45) is 0.882. The molecule has 4 nitrogen and oxygen atoms in total. The van der Waals surface area contributed by atoms with Gasteiger partial charge < -0.3 is 10.4 Å². The van der Waals surface area contributed by atoms with Crippen LogP contribution < -0.4 is 5.32 Å². The summed E-state index contributed by atoms with van der Waals surface area (Å²) >= 11 is 0. The van der Waals surface area contributed by atoms with Gasteiger partial charge in [-0.15, -0.1) is 0 Å². The maximum Gasteiger partial charge on any atom is 0.269 e. The molecule has 1 rings (SSSR count). The molecule has 20 heavy (non-hydrogen) atoms. The largest absolute Gasteiger partial charge is 0.391 e. The van der Waals surface area contributed by atoms with Crippen molar-refractivity contribution >= 4 is 11.6 Å². The molecule has 1 amide bonds. The molecule has 0 aliphatic carbocycles. The highest BCUT2D eigenvalue weighted by atomic mass is 16.3. The van der Waals surface area contributed by atoms with Gasteiger partial charge in [-0.3, -0.25) is 10.2 Å². The van der Waals surface area contributed by atoms with Crippen molar-refractivity contribution in [2.75, 3.05) is 6.54 Å². The van der Waals surface area contributed by atoms with Crippen molar-refractivity contribution in [3.8, 4) is 0 Å². The molecule has 0 radical (unpaired) electrons. The second-order valence-corrected chi connectivity index (χ2v) is 5.67. The van der Waals surface area contributed by atoms with Crippen LogP contribution in [0.4, 0.5) is 0 Å². The maximum absolute atomic E-state index is 11.5.